The van der Waals surface area contributed by atoms with Gasteiger partial charge in [-0.1, -0.05) is 128 Å². The second kappa shape index (κ2) is 10.7. The fraction of sp³-hybridized carbons (Fsp3) is 0.0714. The number of fused-ring (bicyclic) bond motifs is 4. The summed E-state index contributed by atoms with van der Waals surface area (Å²) in [5.41, 5.74) is 11.3. The summed E-state index contributed by atoms with van der Waals surface area (Å²) in [7, 11) is -1.29. The van der Waals surface area contributed by atoms with Gasteiger partial charge in [-0.15, -0.1) is 0 Å². The van der Waals surface area contributed by atoms with Gasteiger partial charge in [-0.25, -0.2) is 4.98 Å². The third kappa shape index (κ3) is 5.15. The number of furan rings is 1. The van der Waals surface area contributed by atoms with Gasteiger partial charge in [0.05, 0.1) is 8.07 Å². The minimum atomic E-state index is -1.29. The Morgan fingerprint density at radius 3 is 1.47 bits per heavy atom. The summed E-state index contributed by atoms with van der Waals surface area (Å²) in [4.78, 5) is 4.37. The highest BCUT2D eigenvalue weighted by molar-refractivity contribution is 6.88. The van der Waals surface area contributed by atoms with Crippen LogP contribution < -0.4 is 5.19 Å². The zero-order valence-corrected chi connectivity index (χ0v) is 26.7. The molecule has 0 saturated heterocycles. The van der Waals surface area contributed by atoms with Crippen LogP contribution in [0.4, 0.5) is 0 Å². The van der Waals surface area contributed by atoms with E-state index in [1.807, 2.05) is 12.1 Å². The molecule has 0 atom stereocenters. The molecule has 0 spiro atoms. The van der Waals surface area contributed by atoms with Gasteiger partial charge in [0, 0.05) is 17.0 Å². The molecule has 0 aliphatic heterocycles. The van der Waals surface area contributed by atoms with Crippen LogP contribution in [-0.4, -0.2) is 13.1 Å². The highest BCUT2D eigenvalue weighted by atomic mass is 28.3. The van der Waals surface area contributed by atoms with Crippen LogP contribution in [-0.2, 0) is 0 Å². The van der Waals surface area contributed by atoms with Crippen molar-refractivity contribution in [1.29, 1.82) is 0 Å². The molecule has 216 valence electrons. The highest BCUT2D eigenvalue weighted by Crippen LogP contribution is 2.34. The van der Waals surface area contributed by atoms with Crippen molar-refractivity contribution in [2.24, 2.45) is 0 Å². The van der Waals surface area contributed by atoms with Crippen molar-refractivity contribution in [3.8, 4) is 44.5 Å². The molecule has 0 aliphatic carbocycles. The molecule has 6 aromatic carbocycles. The lowest BCUT2D eigenvalue weighted by Gasteiger charge is -2.16. The number of hydrogen-bond acceptors (Lipinski definition) is 2. The first-order valence-corrected chi connectivity index (χ1v) is 19.0. The smallest absolute Gasteiger partial charge is 0.227 e. The van der Waals surface area contributed by atoms with Gasteiger partial charge < -0.3 is 4.42 Å². The van der Waals surface area contributed by atoms with Gasteiger partial charge in [-0.05, 0) is 91.7 Å². The van der Waals surface area contributed by atoms with E-state index in [4.69, 9.17) is 4.42 Å². The minimum Gasteiger partial charge on any atom is -0.438 e. The third-order valence-corrected chi connectivity index (χ3v) is 11.0. The normalized spacial score (nSPS) is 11.9. The lowest BCUT2D eigenvalue weighted by molar-refractivity contribution is 0.654. The Kier molecular flexibility index (Phi) is 6.51. The standard InChI is InChI=1S/C42H33NOSi/c1-45(2,3)38-21-18-29(19-22-38)28-6-8-30(9-7-28)34-16-14-33-15-17-35(26-37(33)25-34)31-10-12-32(13-11-31)36-20-23-41-40(27-36)39-5-4-24-43-42(39)44-41/h4-27H,1-3H3. The van der Waals surface area contributed by atoms with Crippen LogP contribution in [0.25, 0.3) is 77.3 Å². The Morgan fingerprint density at radius 1 is 0.444 bits per heavy atom. The number of pyridine rings is 1. The van der Waals surface area contributed by atoms with E-state index in [2.05, 4.69) is 152 Å². The summed E-state index contributed by atoms with van der Waals surface area (Å²) >= 11 is 0. The van der Waals surface area contributed by atoms with Crippen LogP contribution in [0.2, 0.25) is 19.6 Å². The summed E-state index contributed by atoms with van der Waals surface area (Å²) in [6.45, 7) is 7.18. The monoisotopic (exact) mass is 595 g/mol. The van der Waals surface area contributed by atoms with Crippen molar-refractivity contribution in [1.82, 2.24) is 4.98 Å². The Morgan fingerprint density at radius 2 is 0.911 bits per heavy atom. The van der Waals surface area contributed by atoms with E-state index >= 15 is 0 Å². The lowest BCUT2D eigenvalue weighted by atomic mass is 9.95. The van der Waals surface area contributed by atoms with Gasteiger partial charge >= 0.3 is 0 Å². The van der Waals surface area contributed by atoms with Crippen LogP contribution in [0.3, 0.4) is 0 Å². The van der Waals surface area contributed by atoms with Crippen molar-refractivity contribution < 1.29 is 4.42 Å². The topological polar surface area (TPSA) is 26.0 Å². The SMILES string of the molecule is C[Si](C)(C)c1ccc(-c2ccc(-c3ccc4ccc(-c5ccc(-c6ccc7oc8ncccc8c7c6)cc5)cc4c3)cc2)cc1. The third-order valence-electron chi connectivity index (χ3n) is 8.94. The van der Waals surface area contributed by atoms with Crippen molar-refractivity contribution in [2.45, 2.75) is 19.6 Å². The first-order valence-electron chi connectivity index (χ1n) is 15.5. The maximum absolute atomic E-state index is 5.92. The van der Waals surface area contributed by atoms with Gasteiger partial charge in [0.1, 0.15) is 5.58 Å². The van der Waals surface area contributed by atoms with Gasteiger partial charge in [0.15, 0.2) is 0 Å². The Balaban J connectivity index is 1.06. The molecule has 2 nitrogen and oxygen atoms in total. The molecule has 0 radical (unpaired) electrons. The van der Waals surface area contributed by atoms with Crippen molar-refractivity contribution in [2.75, 3.05) is 0 Å². The summed E-state index contributed by atoms with van der Waals surface area (Å²) in [5.74, 6) is 0. The van der Waals surface area contributed by atoms with E-state index in [1.165, 1.54) is 60.5 Å². The van der Waals surface area contributed by atoms with E-state index < -0.39 is 8.07 Å². The summed E-state index contributed by atoms with van der Waals surface area (Å²) < 4.78 is 5.92. The van der Waals surface area contributed by atoms with Gasteiger partial charge in [-0.3, -0.25) is 0 Å². The van der Waals surface area contributed by atoms with E-state index in [9.17, 15) is 0 Å². The van der Waals surface area contributed by atoms with E-state index in [-0.39, 0.29) is 0 Å². The molecule has 0 saturated carbocycles. The maximum Gasteiger partial charge on any atom is 0.227 e. The molecular formula is C42H33NOSi. The molecule has 8 aromatic rings. The number of rotatable bonds is 5. The molecule has 8 rings (SSSR count). The average Bonchev–Trinajstić information content (AvgIpc) is 3.46. The van der Waals surface area contributed by atoms with Crippen LogP contribution in [0.15, 0.2) is 150 Å². The van der Waals surface area contributed by atoms with Gasteiger partial charge in [-0.2, -0.15) is 0 Å². The minimum absolute atomic E-state index is 0.680. The molecule has 0 aliphatic rings. The van der Waals surface area contributed by atoms with E-state index in [1.54, 1.807) is 6.20 Å². The maximum atomic E-state index is 5.92. The fourth-order valence-electron chi connectivity index (χ4n) is 6.27. The Labute approximate surface area is 264 Å². The summed E-state index contributed by atoms with van der Waals surface area (Å²) in [6.07, 6.45) is 1.77. The van der Waals surface area contributed by atoms with E-state index in [0.29, 0.717) is 5.71 Å². The fourth-order valence-corrected chi connectivity index (χ4v) is 7.44. The van der Waals surface area contributed by atoms with Crippen LogP contribution in [0, 0.1) is 0 Å². The summed E-state index contributed by atoms with van der Waals surface area (Å²) in [6, 6.07) is 50.9. The van der Waals surface area contributed by atoms with Gasteiger partial charge in [0.2, 0.25) is 5.71 Å². The second-order valence-electron chi connectivity index (χ2n) is 12.9. The van der Waals surface area contributed by atoms with E-state index in [0.717, 1.165) is 16.4 Å². The number of nitrogens with zero attached hydrogens (tertiary/aromatic N) is 1. The van der Waals surface area contributed by atoms with Crippen LogP contribution in [0.5, 0.6) is 0 Å². The molecule has 2 aromatic heterocycles. The zero-order valence-electron chi connectivity index (χ0n) is 25.7. The van der Waals surface area contributed by atoms with Crippen LogP contribution >= 0.6 is 0 Å². The van der Waals surface area contributed by atoms with Crippen molar-refractivity contribution in [3.63, 3.8) is 0 Å². The van der Waals surface area contributed by atoms with Gasteiger partial charge in [0.25, 0.3) is 0 Å². The Bertz CT molecular complexity index is 2320. The predicted molar refractivity (Wildman–Crippen MR) is 194 cm³/mol. The molecule has 0 fully saturated rings. The number of benzene rings is 6. The zero-order chi connectivity index (χ0) is 30.5. The lowest BCUT2D eigenvalue weighted by Crippen LogP contribution is -2.37. The molecule has 0 amide bonds. The number of aromatic nitrogens is 1. The molecule has 0 N–H and O–H groups in total. The average molecular weight is 596 g/mol. The molecule has 0 bridgehead atoms. The van der Waals surface area contributed by atoms with Crippen molar-refractivity contribution >= 4 is 46.1 Å². The van der Waals surface area contributed by atoms with Crippen LogP contribution in [0.1, 0.15) is 0 Å². The molecular weight excluding hydrogens is 563 g/mol. The molecule has 45 heavy (non-hydrogen) atoms. The Hall–Kier alpha value is -5.25. The number of hydrogen-bond donors (Lipinski definition) is 0. The quantitative estimate of drug-likeness (QED) is 0.185. The largest absolute Gasteiger partial charge is 0.438 e. The predicted octanol–water partition coefficient (Wildman–Crippen LogP) is 11.3. The molecule has 0 unspecified atom stereocenters. The highest BCUT2D eigenvalue weighted by Gasteiger charge is 2.16. The first-order chi connectivity index (χ1) is 21.9. The molecule has 3 heteroatoms. The van der Waals surface area contributed by atoms with Crippen molar-refractivity contribution in [3.05, 3.63) is 146 Å². The summed E-state index contributed by atoms with van der Waals surface area (Å²) in [5, 5.41) is 6.12. The second-order valence-corrected chi connectivity index (χ2v) is 18.0. The first kappa shape index (κ1) is 27.3. The molecule has 2 heterocycles.